The van der Waals surface area contributed by atoms with Gasteiger partial charge in [0.25, 0.3) is 0 Å². The molecule has 0 fully saturated rings. The van der Waals surface area contributed by atoms with Gasteiger partial charge in [-0.3, -0.25) is 0 Å². The second kappa shape index (κ2) is 14.1. The fourth-order valence-electron chi connectivity index (χ4n) is 10.8. The predicted molar refractivity (Wildman–Crippen MR) is 267 cm³/mol. The zero-order chi connectivity index (χ0) is 41.5. The highest BCUT2D eigenvalue weighted by molar-refractivity contribution is 7.26. The summed E-state index contributed by atoms with van der Waals surface area (Å²) in [5.41, 5.74) is 18.2. The summed E-state index contributed by atoms with van der Waals surface area (Å²) >= 11 is 1.91. The van der Waals surface area contributed by atoms with Crippen LogP contribution in [0, 0.1) is 0 Å². The highest BCUT2D eigenvalue weighted by Crippen LogP contribution is 2.58. The Bertz CT molecular complexity index is 3670. The van der Waals surface area contributed by atoms with Gasteiger partial charge in [0.05, 0.1) is 21.1 Å². The van der Waals surface area contributed by atoms with Gasteiger partial charge in [-0.2, -0.15) is 0 Å². The Morgan fingerprint density at radius 2 is 0.937 bits per heavy atom. The predicted octanol–water partition coefficient (Wildman–Crippen LogP) is 16.5. The van der Waals surface area contributed by atoms with E-state index in [9.17, 15) is 0 Å². The molecule has 1 aliphatic carbocycles. The van der Waals surface area contributed by atoms with Gasteiger partial charge in [-0.05, 0) is 109 Å². The molecule has 0 N–H and O–H groups in total. The van der Waals surface area contributed by atoms with Crippen LogP contribution in [0.5, 0.6) is 0 Å². The van der Waals surface area contributed by atoms with Crippen LogP contribution in [-0.2, 0) is 5.41 Å². The molecule has 0 bridgehead atoms. The molecular formula is C61H39NS. The molecule has 0 unspecified atom stereocenters. The van der Waals surface area contributed by atoms with E-state index in [4.69, 9.17) is 0 Å². The quantitative estimate of drug-likeness (QED) is 0.158. The Balaban J connectivity index is 1.11. The van der Waals surface area contributed by atoms with Gasteiger partial charge < -0.3 is 4.57 Å². The summed E-state index contributed by atoms with van der Waals surface area (Å²) in [6, 6.07) is 87.7. The van der Waals surface area contributed by atoms with E-state index in [-0.39, 0.29) is 0 Å². The summed E-state index contributed by atoms with van der Waals surface area (Å²) in [5.74, 6) is 0. The van der Waals surface area contributed by atoms with E-state index >= 15 is 0 Å². The number of hydrogen-bond donors (Lipinski definition) is 0. The van der Waals surface area contributed by atoms with Gasteiger partial charge >= 0.3 is 0 Å². The van der Waals surface area contributed by atoms with Crippen molar-refractivity contribution in [2.75, 3.05) is 0 Å². The summed E-state index contributed by atoms with van der Waals surface area (Å²) < 4.78 is 5.11. The van der Waals surface area contributed by atoms with Crippen LogP contribution in [0.4, 0.5) is 0 Å². The molecule has 0 spiro atoms. The lowest BCUT2D eigenvalue weighted by atomic mass is 9.67. The SMILES string of the molecule is c1ccc(-c2cccc(-n3c4ccccc4c4cc(-c5ccc6c(c5)-c5ccc(-c7ccccc7)cc5C6(c5ccccc5)c5ccccc5)c5c6ccccc6sc5c43)c2)cc1. The van der Waals surface area contributed by atoms with Gasteiger partial charge in [0.2, 0.25) is 0 Å². The summed E-state index contributed by atoms with van der Waals surface area (Å²) in [7, 11) is 0. The maximum absolute atomic E-state index is 2.51. The molecule has 10 aromatic carbocycles. The molecule has 1 nitrogen and oxygen atoms in total. The molecule has 13 rings (SSSR count). The second-order valence-electron chi connectivity index (χ2n) is 16.8. The van der Waals surface area contributed by atoms with Crippen LogP contribution >= 0.6 is 11.3 Å². The Labute approximate surface area is 370 Å². The maximum atomic E-state index is 2.51. The molecule has 0 saturated carbocycles. The maximum Gasteiger partial charge on any atom is 0.0720 e. The third-order valence-electron chi connectivity index (χ3n) is 13.5. The molecular weight excluding hydrogens is 779 g/mol. The largest absolute Gasteiger partial charge is 0.308 e. The van der Waals surface area contributed by atoms with Crippen LogP contribution in [-0.4, -0.2) is 4.57 Å². The molecule has 0 atom stereocenters. The molecule has 63 heavy (non-hydrogen) atoms. The van der Waals surface area contributed by atoms with E-state index in [0.29, 0.717) is 0 Å². The number of aromatic nitrogens is 1. The molecule has 294 valence electrons. The zero-order valence-electron chi connectivity index (χ0n) is 34.4. The molecule has 0 radical (unpaired) electrons. The molecule has 2 aromatic heterocycles. The minimum atomic E-state index is -0.507. The molecule has 0 saturated heterocycles. The molecule has 12 aromatic rings. The Morgan fingerprint density at radius 3 is 1.65 bits per heavy atom. The Hall–Kier alpha value is -7.78. The summed E-state index contributed by atoms with van der Waals surface area (Å²) in [6.07, 6.45) is 0. The van der Waals surface area contributed by atoms with Crippen LogP contribution in [0.2, 0.25) is 0 Å². The fourth-order valence-corrected chi connectivity index (χ4v) is 12.0. The molecule has 2 heteroatoms. The van der Waals surface area contributed by atoms with Crippen LogP contribution < -0.4 is 0 Å². The first-order chi connectivity index (χ1) is 31.3. The van der Waals surface area contributed by atoms with Crippen molar-refractivity contribution in [2.24, 2.45) is 0 Å². The number of nitrogens with zero attached hydrogens (tertiary/aromatic N) is 1. The Morgan fingerprint density at radius 1 is 0.349 bits per heavy atom. The van der Waals surface area contributed by atoms with Crippen LogP contribution in [0.25, 0.3) is 92.2 Å². The van der Waals surface area contributed by atoms with Gasteiger partial charge in [0, 0.05) is 31.9 Å². The fraction of sp³-hybridized carbons (Fsp3) is 0.0164. The third-order valence-corrected chi connectivity index (χ3v) is 14.6. The van der Waals surface area contributed by atoms with Crippen molar-refractivity contribution in [2.45, 2.75) is 5.41 Å². The Kier molecular flexibility index (Phi) is 8.06. The van der Waals surface area contributed by atoms with Crippen LogP contribution in [0.1, 0.15) is 22.3 Å². The molecule has 0 amide bonds. The van der Waals surface area contributed by atoms with E-state index in [1.165, 1.54) is 109 Å². The topological polar surface area (TPSA) is 4.93 Å². The van der Waals surface area contributed by atoms with Gasteiger partial charge in [-0.1, -0.05) is 194 Å². The van der Waals surface area contributed by atoms with Gasteiger partial charge in [0.15, 0.2) is 0 Å². The first kappa shape index (κ1) is 35.9. The molecule has 1 aliphatic rings. The van der Waals surface area contributed by atoms with Crippen molar-refractivity contribution >= 4 is 53.3 Å². The normalized spacial score (nSPS) is 12.9. The number of para-hydroxylation sites is 1. The number of rotatable bonds is 6. The average Bonchev–Trinajstić information content (AvgIpc) is 4.01. The van der Waals surface area contributed by atoms with E-state index < -0.39 is 5.41 Å². The minimum absolute atomic E-state index is 0.507. The number of thiophene rings is 1. The van der Waals surface area contributed by atoms with Crippen molar-refractivity contribution in [3.63, 3.8) is 0 Å². The first-order valence-electron chi connectivity index (χ1n) is 21.8. The third kappa shape index (κ3) is 5.35. The smallest absolute Gasteiger partial charge is 0.0720 e. The monoisotopic (exact) mass is 817 g/mol. The van der Waals surface area contributed by atoms with Gasteiger partial charge in [-0.25, -0.2) is 0 Å². The van der Waals surface area contributed by atoms with Crippen molar-refractivity contribution < 1.29 is 0 Å². The van der Waals surface area contributed by atoms with E-state index in [1.807, 2.05) is 11.3 Å². The standard InChI is InChI=1S/C61H39NS/c1-5-18-40(19-6-1)42-22-17-27-47(36-42)62-56-30-15-13-28-49(56)53-39-51(58-50-29-14-16-31-57(50)63-60(58)59(53)62)44-33-35-54-52(37-44)48-34-32-43(41-20-7-2-8-21-41)38-55(48)61(54,45-23-9-3-10-24-45)46-25-11-4-12-26-46/h1-39H. The zero-order valence-corrected chi connectivity index (χ0v) is 35.2. The lowest BCUT2D eigenvalue weighted by Gasteiger charge is -2.34. The lowest BCUT2D eigenvalue weighted by Crippen LogP contribution is -2.28. The number of hydrogen-bond acceptors (Lipinski definition) is 1. The molecule has 2 heterocycles. The summed E-state index contributed by atoms with van der Waals surface area (Å²) in [4.78, 5) is 0. The van der Waals surface area contributed by atoms with E-state index in [1.54, 1.807) is 0 Å². The van der Waals surface area contributed by atoms with Gasteiger partial charge in [-0.15, -0.1) is 11.3 Å². The van der Waals surface area contributed by atoms with E-state index in [0.717, 1.165) is 5.69 Å². The van der Waals surface area contributed by atoms with Crippen molar-refractivity contribution in [3.8, 4) is 50.2 Å². The molecule has 0 aliphatic heterocycles. The van der Waals surface area contributed by atoms with Crippen molar-refractivity contribution in [1.29, 1.82) is 0 Å². The number of fused-ring (bicyclic) bond motifs is 10. The first-order valence-corrected chi connectivity index (χ1v) is 22.6. The van der Waals surface area contributed by atoms with Crippen LogP contribution in [0.3, 0.4) is 0 Å². The average molecular weight is 818 g/mol. The van der Waals surface area contributed by atoms with Gasteiger partial charge in [0.1, 0.15) is 0 Å². The van der Waals surface area contributed by atoms with E-state index in [2.05, 4.69) is 241 Å². The minimum Gasteiger partial charge on any atom is -0.308 e. The summed E-state index contributed by atoms with van der Waals surface area (Å²) in [6.45, 7) is 0. The second-order valence-corrected chi connectivity index (χ2v) is 17.8. The van der Waals surface area contributed by atoms with Crippen molar-refractivity contribution in [1.82, 2.24) is 4.57 Å². The highest BCUT2D eigenvalue weighted by atomic mass is 32.1. The number of benzene rings is 10. The van der Waals surface area contributed by atoms with Crippen molar-refractivity contribution in [3.05, 3.63) is 259 Å². The van der Waals surface area contributed by atoms with Crippen LogP contribution in [0.15, 0.2) is 237 Å². The highest BCUT2D eigenvalue weighted by Gasteiger charge is 2.46. The summed E-state index contributed by atoms with van der Waals surface area (Å²) in [5, 5.41) is 5.12. The lowest BCUT2D eigenvalue weighted by molar-refractivity contribution is 0.769.